The number of halogens is 2. The van der Waals surface area contributed by atoms with E-state index in [0.29, 0.717) is 10.0 Å². The second-order valence-electron chi connectivity index (χ2n) is 5.35. The zero-order valence-corrected chi connectivity index (χ0v) is 12.2. The van der Waals surface area contributed by atoms with E-state index in [1.807, 2.05) is 12.1 Å². The summed E-state index contributed by atoms with van der Waals surface area (Å²) in [6.07, 6.45) is 9.18. The molecule has 1 aromatic carbocycles. The van der Waals surface area contributed by atoms with Gasteiger partial charge in [0.25, 0.3) is 0 Å². The van der Waals surface area contributed by atoms with Crippen LogP contribution in [0.5, 0.6) is 0 Å². The van der Waals surface area contributed by atoms with Crippen LogP contribution in [0, 0.1) is 5.92 Å². The molecule has 1 nitrogen and oxygen atoms in total. The predicted octanol–water partition coefficient (Wildman–Crippen LogP) is 5.35. The highest BCUT2D eigenvalue weighted by atomic mass is 35.5. The minimum absolute atomic E-state index is 0.0386. The molecule has 1 saturated carbocycles. The van der Waals surface area contributed by atoms with Gasteiger partial charge in [-0.1, -0.05) is 61.4 Å². The summed E-state index contributed by atoms with van der Waals surface area (Å²) < 4.78 is 0. The summed E-state index contributed by atoms with van der Waals surface area (Å²) in [5, 5.41) is 1.36. The molecular weight excluding hydrogens is 265 g/mol. The zero-order valence-electron chi connectivity index (χ0n) is 10.7. The zero-order chi connectivity index (χ0) is 13.0. The van der Waals surface area contributed by atoms with Crippen molar-refractivity contribution in [2.45, 2.75) is 51.0 Å². The molecule has 0 aliphatic heterocycles. The molecule has 0 spiro atoms. The van der Waals surface area contributed by atoms with Crippen molar-refractivity contribution >= 4 is 23.2 Å². The summed E-state index contributed by atoms with van der Waals surface area (Å²) in [6.45, 7) is 0. The number of nitrogens with two attached hydrogens (primary N) is 1. The van der Waals surface area contributed by atoms with E-state index in [0.717, 1.165) is 17.9 Å². The van der Waals surface area contributed by atoms with E-state index in [9.17, 15) is 0 Å². The van der Waals surface area contributed by atoms with Gasteiger partial charge in [0.15, 0.2) is 0 Å². The largest absolute Gasteiger partial charge is 0.324 e. The van der Waals surface area contributed by atoms with Crippen LogP contribution in [0.4, 0.5) is 0 Å². The third-order valence-electron chi connectivity index (χ3n) is 3.97. The van der Waals surface area contributed by atoms with Gasteiger partial charge < -0.3 is 5.73 Å². The van der Waals surface area contributed by atoms with Crippen LogP contribution >= 0.6 is 23.2 Å². The first-order chi connectivity index (χ1) is 8.66. The Balaban J connectivity index is 1.88. The summed E-state index contributed by atoms with van der Waals surface area (Å²) in [7, 11) is 0. The Hall–Kier alpha value is -0.240. The fraction of sp³-hybridized carbons (Fsp3) is 0.600. The molecular formula is C15H21Cl2N. The first-order valence-electron chi connectivity index (χ1n) is 6.87. The lowest BCUT2D eigenvalue weighted by Crippen LogP contribution is -2.14. The fourth-order valence-electron chi connectivity index (χ4n) is 2.85. The molecule has 1 unspecified atom stereocenters. The monoisotopic (exact) mass is 285 g/mol. The average molecular weight is 286 g/mol. The van der Waals surface area contributed by atoms with Crippen LogP contribution in [-0.4, -0.2) is 0 Å². The first kappa shape index (κ1) is 14.2. The van der Waals surface area contributed by atoms with Crippen molar-refractivity contribution in [3.8, 4) is 0 Å². The smallest absolute Gasteiger partial charge is 0.0468 e. The Morgan fingerprint density at radius 3 is 2.56 bits per heavy atom. The van der Waals surface area contributed by atoms with Crippen LogP contribution in [-0.2, 0) is 0 Å². The average Bonchev–Trinajstić information content (AvgIpc) is 2.37. The van der Waals surface area contributed by atoms with Crippen LogP contribution in [0.15, 0.2) is 18.2 Å². The highest BCUT2D eigenvalue weighted by Crippen LogP contribution is 2.32. The highest BCUT2D eigenvalue weighted by Gasteiger charge is 2.16. The Kier molecular flexibility index (Phi) is 5.35. The summed E-state index contributed by atoms with van der Waals surface area (Å²) in [5.74, 6) is 0.871. The van der Waals surface area contributed by atoms with Gasteiger partial charge in [-0.15, -0.1) is 0 Å². The van der Waals surface area contributed by atoms with Crippen LogP contribution in [0.2, 0.25) is 10.0 Å². The minimum Gasteiger partial charge on any atom is -0.324 e. The number of benzene rings is 1. The summed E-state index contributed by atoms with van der Waals surface area (Å²) >= 11 is 12.1. The van der Waals surface area contributed by atoms with Crippen LogP contribution in [0.3, 0.4) is 0 Å². The minimum atomic E-state index is 0.0386. The van der Waals surface area contributed by atoms with Gasteiger partial charge >= 0.3 is 0 Å². The molecule has 3 heteroatoms. The van der Waals surface area contributed by atoms with Crippen molar-refractivity contribution in [2.75, 3.05) is 0 Å². The van der Waals surface area contributed by atoms with Gasteiger partial charge in [0.2, 0.25) is 0 Å². The van der Waals surface area contributed by atoms with E-state index >= 15 is 0 Å². The number of hydrogen-bond acceptors (Lipinski definition) is 1. The van der Waals surface area contributed by atoms with Gasteiger partial charge in [0.1, 0.15) is 0 Å². The van der Waals surface area contributed by atoms with Crippen molar-refractivity contribution in [2.24, 2.45) is 11.7 Å². The Labute approximate surface area is 120 Å². The maximum atomic E-state index is 6.24. The Bertz CT molecular complexity index is 386. The molecule has 1 fully saturated rings. The molecule has 0 saturated heterocycles. The standard InChI is InChI=1S/C15H21Cl2N/c16-12-7-8-13(14(17)10-12)15(18)9-6-11-4-2-1-3-5-11/h7-8,10-11,15H,1-6,9,18H2. The highest BCUT2D eigenvalue weighted by molar-refractivity contribution is 6.35. The van der Waals surface area contributed by atoms with Gasteiger partial charge in [-0.2, -0.15) is 0 Å². The predicted molar refractivity (Wildman–Crippen MR) is 79.2 cm³/mol. The normalized spacial score (nSPS) is 18.8. The van der Waals surface area contributed by atoms with Gasteiger partial charge in [0.05, 0.1) is 0 Å². The summed E-state index contributed by atoms with van der Waals surface area (Å²) in [6, 6.07) is 5.63. The Morgan fingerprint density at radius 2 is 1.89 bits per heavy atom. The molecule has 1 atom stereocenters. The summed E-state index contributed by atoms with van der Waals surface area (Å²) in [5.41, 5.74) is 7.26. The molecule has 100 valence electrons. The van der Waals surface area contributed by atoms with E-state index in [2.05, 4.69) is 0 Å². The van der Waals surface area contributed by atoms with Gasteiger partial charge in [-0.3, -0.25) is 0 Å². The lowest BCUT2D eigenvalue weighted by atomic mass is 9.84. The van der Waals surface area contributed by atoms with E-state index in [4.69, 9.17) is 28.9 Å². The van der Waals surface area contributed by atoms with Gasteiger partial charge in [-0.05, 0) is 36.5 Å². The van der Waals surface area contributed by atoms with Crippen LogP contribution in [0.1, 0.15) is 56.6 Å². The van der Waals surface area contributed by atoms with Crippen LogP contribution < -0.4 is 5.73 Å². The summed E-state index contributed by atoms with van der Waals surface area (Å²) in [4.78, 5) is 0. The first-order valence-corrected chi connectivity index (χ1v) is 7.63. The van der Waals surface area contributed by atoms with Crippen molar-refractivity contribution in [1.82, 2.24) is 0 Å². The van der Waals surface area contributed by atoms with Gasteiger partial charge in [-0.25, -0.2) is 0 Å². The molecule has 2 N–H and O–H groups in total. The molecule has 0 radical (unpaired) electrons. The van der Waals surface area contributed by atoms with E-state index < -0.39 is 0 Å². The molecule has 1 aromatic rings. The molecule has 18 heavy (non-hydrogen) atoms. The van der Waals surface area contributed by atoms with E-state index in [-0.39, 0.29) is 6.04 Å². The van der Waals surface area contributed by atoms with Crippen molar-refractivity contribution in [3.05, 3.63) is 33.8 Å². The third-order valence-corrected chi connectivity index (χ3v) is 4.54. The molecule has 0 bridgehead atoms. The lowest BCUT2D eigenvalue weighted by Gasteiger charge is -2.23. The molecule has 0 heterocycles. The molecule has 1 aliphatic rings. The molecule has 0 aromatic heterocycles. The van der Waals surface area contributed by atoms with E-state index in [1.54, 1.807) is 6.07 Å². The van der Waals surface area contributed by atoms with Crippen molar-refractivity contribution in [1.29, 1.82) is 0 Å². The third kappa shape index (κ3) is 3.88. The topological polar surface area (TPSA) is 26.0 Å². The maximum absolute atomic E-state index is 6.24. The quantitative estimate of drug-likeness (QED) is 0.792. The van der Waals surface area contributed by atoms with Crippen molar-refractivity contribution in [3.63, 3.8) is 0 Å². The number of rotatable bonds is 4. The molecule has 2 rings (SSSR count). The second kappa shape index (κ2) is 6.79. The van der Waals surface area contributed by atoms with Crippen molar-refractivity contribution < 1.29 is 0 Å². The lowest BCUT2D eigenvalue weighted by molar-refractivity contribution is 0.324. The van der Waals surface area contributed by atoms with Gasteiger partial charge in [0, 0.05) is 16.1 Å². The maximum Gasteiger partial charge on any atom is 0.0468 e. The fourth-order valence-corrected chi connectivity index (χ4v) is 3.40. The van der Waals surface area contributed by atoms with E-state index in [1.165, 1.54) is 38.5 Å². The second-order valence-corrected chi connectivity index (χ2v) is 6.20. The molecule has 1 aliphatic carbocycles. The SMILES string of the molecule is NC(CCC1CCCCC1)c1ccc(Cl)cc1Cl. The Morgan fingerprint density at radius 1 is 1.17 bits per heavy atom. The van der Waals surface area contributed by atoms with Crippen LogP contribution in [0.25, 0.3) is 0 Å². The molecule has 0 amide bonds. The number of hydrogen-bond donors (Lipinski definition) is 1.